The van der Waals surface area contributed by atoms with Crippen LogP contribution in [-0.2, 0) is 11.2 Å². The highest BCUT2D eigenvalue weighted by Gasteiger charge is 2.21. The molecule has 0 aliphatic rings. The summed E-state index contributed by atoms with van der Waals surface area (Å²) >= 11 is 5.89. The summed E-state index contributed by atoms with van der Waals surface area (Å²) in [6.45, 7) is 2.33. The highest BCUT2D eigenvalue weighted by Crippen LogP contribution is 2.18. The third-order valence-electron chi connectivity index (χ3n) is 4.12. The zero-order valence-corrected chi connectivity index (χ0v) is 15.5. The van der Waals surface area contributed by atoms with Gasteiger partial charge in [0.1, 0.15) is 5.82 Å². The standard InChI is InChI=1S/C19H19ClFN5O/c1-2-17(19(27)22-12-11-13-3-9-16(21)10-4-13)26-24-18(23-25-26)14-5-7-15(20)8-6-14/h3-10,17H,2,11-12H2,1H3,(H,22,27)/t17-/m1/s1. The number of hydrogen-bond donors (Lipinski definition) is 1. The molecule has 1 heterocycles. The molecule has 0 fully saturated rings. The van der Waals surface area contributed by atoms with Gasteiger partial charge in [0, 0.05) is 17.1 Å². The van der Waals surface area contributed by atoms with Crippen molar-refractivity contribution in [1.82, 2.24) is 25.5 Å². The summed E-state index contributed by atoms with van der Waals surface area (Å²) in [6, 6.07) is 12.8. The second-order valence-electron chi connectivity index (χ2n) is 6.03. The number of carbonyl (C=O) groups is 1. The lowest BCUT2D eigenvalue weighted by Crippen LogP contribution is -2.34. The molecule has 6 nitrogen and oxygen atoms in total. The molecule has 3 rings (SSSR count). The minimum absolute atomic E-state index is 0.181. The summed E-state index contributed by atoms with van der Waals surface area (Å²) in [4.78, 5) is 13.8. The van der Waals surface area contributed by atoms with E-state index in [0.29, 0.717) is 30.2 Å². The van der Waals surface area contributed by atoms with Crippen molar-refractivity contribution in [3.63, 3.8) is 0 Å². The molecule has 1 amide bonds. The molecule has 27 heavy (non-hydrogen) atoms. The van der Waals surface area contributed by atoms with Gasteiger partial charge in [-0.25, -0.2) is 4.39 Å². The molecule has 1 N–H and O–H groups in total. The molecule has 0 saturated carbocycles. The van der Waals surface area contributed by atoms with Crippen LogP contribution in [0.2, 0.25) is 5.02 Å². The fraction of sp³-hybridized carbons (Fsp3) is 0.263. The minimum atomic E-state index is -0.549. The summed E-state index contributed by atoms with van der Waals surface area (Å²) in [5, 5.41) is 15.9. The lowest BCUT2D eigenvalue weighted by molar-refractivity contribution is -0.125. The van der Waals surface area contributed by atoms with E-state index in [-0.39, 0.29) is 11.7 Å². The number of amides is 1. The first kappa shape index (κ1) is 19.0. The van der Waals surface area contributed by atoms with Gasteiger partial charge in [-0.05, 0) is 60.0 Å². The molecule has 1 atom stereocenters. The Bertz CT molecular complexity index is 895. The summed E-state index contributed by atoms with van der Waals surface area (Å²) < 4.78 is 12.9. The molecule has 140 valence electrons. The molecule has 2 aromatic carbocycles. The fourth-order valence-corrected chi connectivity index (χ4v) is 2.75. The van der Waals surface area contributed by atoms with Crippen molar-refractivity contribution in [2.45, 2.75) is 25.8 Å². The van der Waals surface area contributed by atoms with Crippen molar-refractivity contribution in [3.8, 4) is 11.4 Å². The normalized spacial score (nSPS) is 12.0. The first-order valence-corrected chi connectivity index (χ1v) is 9.02. The third kappa shape index (κ3) is 4.89. The van der Waals surface area contributed by atoms with Crippen LogP contribution in [0.15, 0.2) is 48.5 Å². The highest BCUT2D eigenvalue weighted by atomic mass is 35.5. The Labute approximate surface area is 161 Å². The molecule has 0 radical (unpaired) electrons. The molecule has 0 aliphatic carbocycles. The van der Waals surface area contributed by atoms with E-state index in [2.05, 4.69) is 20.7 Å². The molecule has 0 saturated heterocycles. The molecule has 1 aromatic heterocycles. The second kappa shape index (κ2) is 8.73. The van der Waals surface area contributed by atoms with Gasteiger partial charge in [0.2, 0.25) is 11.7 Å². The maximum atomic E-state index is 12.9. The minimum Gasteiger partial charge on any atom is -0.354 e. The summed E-state index contributed by atoms with van der Waals surface area (Å²) in [5.74, 6) is -0.0218. The zero-order chi connectivity index (χ0) is 19.2. The molecule has 0 bridgehead atoms. The number of carbonyl (C=O) groups excluding carboxylic acids is 1. The Morgan fingerprint density at radius 2 is 1.89 bits per heavy atom. The Kier molecular flexibility index (Phi) is 6.13. The van der Waals surface area contributed by atoms with Gasteiger partial charge in [0.05, 0.1) is 0 Å². The number of nitrogens with zero attached hydrogens (tertiary/aromatic N) is 4. The van der Waals surface area contributed by atoms with Crippen LogP contribution in [0.1, 0.15) is 24.9 Å². The predicted molar refractivity (Wildman–Crippen MR) is 101 cm³/mol. The van der Waals surface area contributed by atoms with Gasteiger partial charge >= 0.3 is 0 Å². The van der Waals surface area contributed by atoms with Crippen LogP contribution >= 0.6 is 11.6 Å². The van der Waals surface area contributed by atoms with Crippen molar-refractivity contribution >= 4 is 17.5 Å². The lowest BCUT2D eigenvalue weighted by atomic mass is 10.1. The second-order valence-corrected chi connectivity index (χ2v) is 6.47. The molecular weight excluding hydrogens is 369 g/mol. The van der Waals surface area contributed by atoms with Gasteiger partial charge in [0.25, 0.3) is 0 Å². The molecule has 0 aliphatic heterocycles. The summed E-state index contributed by atoms with van der Waals surface area (Å²) in [6.07, 6.45) is 1.14. The number of halogens is 2. The number of rotatable bonds is 7. The van der Waals surface area contributed by atoms with Crippen LogP contribution in [0, 0.1) is 5.82 Å². The summed E-state index contributed by atoms with van der Waals surface area (Å²) in [7, 11) is 0. The van der Waals surface area contributed by atoms with E-state index in [9.17, 15) is 9.18 Å². The van der Waals surface area contributed by atoms with Crippen molar-refractivity contribution in [2.24, 2.45) is 0 Å². The molecule has 0 unspecified atom stereocenters. The van der Waals surface area contributed by atoms with Crippen LogP contribution in [-0.4, -0.2) is 32.7 Å². The van der Waals surface area contributed by atoms with Crippen LogP contribution in [0.4, 0.5) is 4.39 Å². The summed E-state index contributed by atoms with van der Waals surface area (Å²) in [5.41, 5.74) is 1.73. The van der Waals surface area contributed by atoms with E-state index in [4.69, 9.17) is 11.6 Å². The van der Waals surface area contributed by atoms with E-state index in [0.717, 1.165) is 11.1 Å². The van der Waals surface area contributed by atoms with E-state index in [1.54, 1.807) is 36.4 Å². The van der Waals surface area contributed by atoms with E-state index >= 15 is 0 Å². The number of hydrogen-bond acceptors (Lipinski definition) is 4. The Morgan fingerprint density at radius 3 is 2.56 bits per heavy atom. The van der Waals surface area contributed by atoms with Crippen molar-refractivity contribution in [2.75, 3.05) is 6.54 Å². The van der Waals surface area contributed by atoms with Gasteiger partial charge in [-0.15, -0.1) is 10.2 Å². The average Bonchev–Trinajstić information content (AvgIpc) is 3.14. The Morgan fingerprint density at radius 1 is 1.19 bits per heavy atom. The van der Waals surface area contributed by atoms with Gasteiger partial charge in [0.15, 0.2) is 6.04 Å². The van der Waals surface area contributed by atoms with E-state index in [1.165, 1.54) is 16.9 Å². The number of tetrazole rings is 1. The van der Waals surface area contributed by atoms with E-state index in [1.807, 2.05) is 6.92 Å². The molecule has 8 heteroatoms. The predicted octanol–water partition coefficient (Wildman–Crippen LogP) is 3.44. The first-order chi connectivity index (χ1) is 13.1. The number of benzene rings is 2. The number of aromatic nitrogens is 4. The van der Waals surface area contributed by atoms with Crippen LogP contribution in [0.5, 0.6) is 0 Å². The third-order valence-corrected chi connectivity index (χ3v) is 4.38. The fourth-order valence-electron chi connectivity index (χ4n) is 2.62. The molecule has 0 spiro atoms. The number of nitrogens with one attached hydrogen (secondary N) is 1. The highest BCUT2D eigenvalue weighted by molar-refractivity contribution is 6.30. The first-order valence-electron chi connectivity index (χ1n) is 8.64. The van der Waals surface area contributed by atoms with Crippen LogP contribution < -0.4 is 5.32 Å². The topological polar surface area (TPSA) is 72.7 Å². The van der Waals surface area contributed by atoms with Crippen molar-refractivity contribution < 1.29 is 9.18 Å². The van der Waals surface area contributed by atoms with Crippen molar-refractivity contribution in [3.05, 3.63) is 64.9 Å². The van der Waals surface area contributed by atoms with Gasteiger partial charge < -0.3 is 5.32 Å². The maximum Gasteiger partial charge on any atom is 0.246 e. The average molecular weight is 388 g/mol. The Hall–Kier alpha value is -2.80. The van der Waals surface area contributed by atoms with Gasteiger partial charge in [-0.1, -0.05) is 30.7 Å². The van der Waals surface area contributed by atoms with Gasteiger partial charge in [-0.3, -0.25) is 4.79 Å². The Balaban J connectivity index is 1.61. The lowest BCUT2D eigenvalue weighted by Gasteiger charge is -2.13. The quantitative estimate of drug-likeness (QED) is 0.674. The SMILES string of the molecule is CC[C@H](C(=O)NCCc1ccc(F)cc1)n1nnc(-c2ccc(Cl)cc2)n1. The zero-order valence-electron chi connectivity index (χ0n) is 14.8. The van der Waals surface area contributed by atoms with E-state index < -0.39 is 6.04 Å². The molecule has 3 aromatic rings. The monoisotopic (exact) mass is 387 g/mol. The van der Waals surface area contributed by atoms with Crippen molar-refractivity contribution in [1.29, 1.82) is 0 Å². The largest absolute Gasteiger partial charge is 0.354 e. The smallest absolute Gasteiger partial charge is 0.246 e. The van der Waals surface area contributed by atoms with Crippen LogP contribution in [0.25, 0.3) is 11.4 Å². The van der Waals surface area contributed by atoms with Crippen LogP contribution in [0.3, 0.4) is 0 Å². The molecular formula is C19H19ClFN5O. The van der Waals surface area contributed by atoms with Gasteiger partial charge in [-0.2, -0.15) is 4.80 Å². The maximum absolute atomic E-state index is 12.9.